The largest absolute Gasteiger partial charge is 0.368 e. The van der Waals surface area contributed by atoms with E-state index in [2.05, 4.69) is 10.3 Å². The van der Waals surface area contributed by atoms with E-state index >= 15 is 0 Å². The van der Waals surface area contributed by atoms with E-state index in [1.54, 1.807) is 12.5 Å². The number of hydrogen-bond donors (Lipinski definition) is 1. The van der Waals surface area contributed by atoms with Gasteiger partial charge >= 0.3 is 0 Å². The SMILES string of the molecule is CC(CS(C)=O)Nc1cccc2nccn12. The number of hydrogen-bond acceptors (Lipinski definition) is 3. The molecule has 0 aliphatic carbocycles. The summed E-state index contributed by atoms with van der Waals surface area (Å²) in [4.78, 5) is 4.21. The minimum absolute atomic E-state index is 0.179. The van der Waals surface area contributed by atoms with Crippen LogP contribution in [0.5, 0.6) is 0 Å². The van der Waals surface area contributed by atoms with Crippen LogP contribution in [0, 0.1) is 0 Å². The molecule has 0 bridgehead atoms. The quantitative estimate of drug-likeness (QED) is 0.877. The summed E-state index contributed by atoms with van der Waals surface area (Å²) in [5.41, 5.74) is 0.912. The molecule has 0 aliphatic heterocycles. The van der Waals surface area contributed by atoms with E-state index < -0.39 is 10.8 Å². The van der Waals surface area contributed by atoms with Crippen molar-refractivity contribution in [3.05, 3.63) is 30.6 Å². The zero-order valence-corrected chi connectivity index (χ0v) is 10.2. The van der Waals surface area contributed by atoms with E-state index in [1.165, 1.54) is 0 Å². The third-order valence-electron chi connectivity index (χ3n) is 2.31. The number of aromatic nitrogens is 2. The van der Waals surface area contributed by atoms with E-state index in [9.17, 15) is 4.21 Å². The van der Waals surface area contributed by atoms with Gasteiger partial charge in [0, 0.05) is 41.2 Å². The predicted molar refractivity (Wildman–Crippen MR) is 67.2 cm³/mol. The van der Waals surface area contributed by atoms with Crippen LogP contribution in [0.25, 0.3) is 5.65 Å². The van der Waals surface area contributed by atoms with E-state index in [-0.39, 0.29) is 6.04 Å². The molecule has 0 saturated carbocycles. The number of imidazole rings is 1. The summed E-state index contributed by atoms with van der Waals surface area (Å²) in [6.07, 6.45) is 5.40. The van der Waals surface area contributed by atoms with Crippen molar-refractivity contribution < 1.29 is 4.21 Å². The van der Waals surface area contributed by atoms with Crippen LogP contribution in [0.3, 0.4) is 0 Å². The molecule has 2 aromatic heterocycles. The van der Waals surface area contributed by atoms with Gasteiger partial charge in [-0.25, -0.2) is 4.98 Å². The molecule has 0 spiro atoms. The maximum absolute atomic E-state index is 11.1. The first-order chi connectivity index (χ1) is 7.66. The lowest BCUT2D eigenvalue weighted by Crippen LogP contribution is -2.23. The fourth-order valence-electron chi connectivity index (χ4n) is 1.71. The second kappa shape index (κ2) is 4.65. The molecule has 0 aromatic carbocycles. The van der Waals surface area contributed by atoms with E-state index in [0.29, 0.717) is 5.75 Å². The molecular weight excluding hydrogens is 222 g/mol. The highest BCUT2D eigenvalue weighted by atomic mass is 32.2. The summed E-state index contributed by atoms with van der Waals surface area (Å²) in [7, 11) is -0.781. The fraction of sp³-hybridized carbons (Fsp3) is 0.364. The van der Waals surface area contributed by atoms with Crippen LogP contribution < -0.4 is 5.32 Å². The zero-order valence-electron chi connectivity index (χ0n) is 9.38. The van der Waals surface area contributed by atoms with Crippen molar-refractivity contribution in [3.63, 3.8) is 0 Å². The lowest BCUT2D eigenvalue weighted by Gasteiger charge is -2.15. The number of rotatable bonds is 4. The maximum Gasteiger partial charge on any atom is 0.138 e. The molecule has 2 rings (SSSR count). The summed E-state index contributed by atoms with van der Waals surface area (Å²) < 4.78 is 13.1. The number of fused-ring (bicyclic) bond motifs is 1. The average Bonchev–Trinajstić information content (AvgIpc) is 2.65. The summed E-state index contributed by atoms with van der Waals surface area (Å²) in [6.45, 7) is 2.02. The second-order valence-corrected chi connectivity index (χ2v) is 5.33. The summed E-state index contributed by atoms with van der Waals surface area (Å²) >= 11 is 0. The molecule has 2 atom stereocenters. The van der Waals surface area contributed by atoms with Crippen molar-refractivity contribution in [1.29, 1.82) is 0 Å². The molecule has 86 valence electrons. The second-order valence-electron chi connectivity index (χ2n) is 3.85. The molecule has 2 heterocycles. The van der Waals surface area contributed by atoms with Crippen molar-refractivity contribution in [2.24, 2.45) is 0 Å². The van der Waals surface area contributed by atoms with Crippen LogP contribution in [0.15, 0.2) is 30.6 Å². The van der Waals surface area contributed by atoms with Gasteiger partial charge in [0.25, 0.3) is 0 Å². The van der Waals surface area contributed by atoms with E-state index in [4.69, 9.17) is 0 Å². The molecule has 5 heteroatoms. The Morgan fingerprint density at radius 1 is 1.56 bits per heavy atom. The van der Waals surface area contributed by atoms with Crippen LogP contribution in [-0.4, -0.2) is 31.6 Å². The number of anilines is 1. The minimum Gasteiger partial charge on any atom is -0.368 e. The fourth-order valence-corrected chi connectivity index (χ4v) is 2.50. The van der Waals surface area contributed by atoms with Gasteiger partial charge in [-0.1, -0.05) is 6.07 Å². The first-order valence-electron chi connectivity index (χ1n) is 5.15. The van der Waals surface area contributed by atoms with Crippen molar-refractivity contribution in [1.82, 2.24) is 9.38 Å². The first kappa shape index (κ1) is 11.1. The van der Waals surface area contributed by atoms with Gasteiger partial charge < -0.3 is 5.32 Å². The Bertz CT molecular complexity index is 509. The van der Waals surface area contributed by atoms with E-state index in [1.807, 2.05) is 35.7 Å². The topological polar surface area (TPSA) is 46.4 Å². The monoisotopic (exact) mass is 237 g/mol. The summed E-state index contributed by atoms with van der Waals surface area (Å²) in [5, 5.41) is 3.33. The molecule has 0 radical (unpaired) electrons. The molecule has 1 N–H and O–H groups in total. The normalized spacial score (nSPS) is 14.9. The van der Waals surface area contributed by atoms with Gasteiger partial charge in [0.2, 0.25) is 0 Å². The Kier molecular flexibility index (Phi) is 3.24. The standard InChI is InChI=1S/C11H15N3OS/c1-9(8-16(2)15)13-11-5-3-4-10-12-6-7-14(10)11/h3-7,9,13H,8H2,1-2H3. The Balaban J connectivity index is 2.20. The van der Waals surface area contributed by atoms with Gasteiger partial charge in [-0.15, -0.1) is 0 Å². The van der Waals surface area contributed by atoms with Crippen molar-refractivity contribution >= 4 is 22.3 Å². The van der Waals surface area contributed by atoms with Crippen LogP contribution in [0.1, 0.15) is 6.92 Å². The molecular formula is C11H15N3OS. The Hall–Kier alpha value is -1.36. The van der Waals surface area contributed by atoms with Gasteiger partial charge in [-0.3, -0.25) is 8.61 Å². The van der Waals surface area contributed by atoms with Gasteiger partial charge in [0.1, 0.15) is 11.5 Å². The molecule has 0 fully saturated rings. The lowest BCUT2D eigenvalue weighted by molar-refractivity contribution is 0.682. The third kappa shape index (κ3) is 2.41. The van der Waals surface area contributed by atoms with Crippen LogP contribution in [-0.2, 0) is 10.8 Å². The maximum atomic E-state index is 11.1. The van der Waals surface area contributed by atoms with Crippen molar-refractivity contribution in [2.45, 2.75) is 13.0 Å². The number of nitrogens with one attached hydrogen (secondary N) is 1. The predicted octanol–water partition coefficient (Wildman–Crippen LogP) is 1.51. The summed E-state index contributed by atoms with van der Waals surface area (Å²) in [6, 6.07) is 6.08. The molecule has 4 nitrogen and oxygen atoms in total. The highest BCUT2D eigenvalue weighted by molar-refractivity contribution is 7.84. The van der Waals surface area contributed by atoms with Crippen molar-refractivity contribution in [3.8, 4) is 0 Å². The van der Waals surface area contributed by atoms with E-state index in [0.717, 1.165) is 11.5 Å². The highest BCUT2D eigenvalue weighted by Gasteiger charge is 2.06. The molecule has 2 aromatic rings. The summed E-state index contributed by atoms with van der Waals surface area (Å²) in [5.74, 6) is 1.62. The van der Waals surface area contributed by atoms with Crippen molar-refractivity contribution in [2.75, 3.05) is 17.3 Å². The molecule has 0 saturated heterocycles. The molecule has 0 aliphatic rings. The van der Waals surface area contributed by atoms with Gasteiger partial charge in [0.05, 0.1) is 0 Å². The van der Waals surface area contributed by atoms with Gasteiger partial charge in [-0.2, -0.15) is 0 Å². The zero-order chi connectivity index (χ0) is 11.5. The number of pyridine rings is 1. The smallest absolute Gasteiger partial charge is 0.138 e. The third-order valence-corrected chi connectivity index (χ3v) is 3.28. The minimum atomic E-state index is -0.781. The Labute approximate surface area is 97.2 Å². The van der Waals surface area contributed by atoms with Crippen LogP contribution >= 0.6 is 0 Å². The van der Waals surface area contributed by atoms with Gasteiger partial charge in [-0.05, 0) is 19.1 Å². The first-order valence-corrected chi connectivity index (χ1v) is 6.88. The number of nitrogens with zero attached hydrogens (tertiary/aromatic N) is 2. The van der Waals surface area contributed by atoms with Crippen LogP contribution in [0.2, 0.25) is 0 Å². The Morgan fingerprint density at radius 2 is 2.38 bits per heavy atom. The Morgan fingerprint density at radius 3 is 3.12 bits per heavy atom. The average molecular weight is 237 g/mol. The van der Waals surface area contributed by atoms with Gasteiger partial charge in [0.15, 0.2) is 0 Å². The molecule has 0 amide bonds. The molecule has 16 heavy (non-hydrogen) atoms. The molecule has 2 unspecified atom stereocenters. The highest BCUT2D eigenvalue weighted by Crippen LogP contribution is 2.12. The lowest BCUT2D eigenvalue weighted by atomic mass is 10.3. The van der Waals surface area contributed by atoms with Crippen LogP contribution in [0.4, 0.5) is 5.82 Å².